The Labute approximate surface area is 212 Å². The van der Waals surface area contributed by atoms with Crippen LogP contribution in [0.4, 0.5) is 4.79 Å². The van der Waals surface area contributed by atoms with E-state index in [1.165, 1.54) is 0 Å². The van der Waals surface area contributed by atoms with Crippen LogP contribution in [0.1, 0.15) is 104 Å². The Morgan fingerprint density at radius 1 is 0.943 bits per heavy atom. The number of nitrogens with zero attached hydrogens (tertiary/aromatic N) is 1. The maximum atomic E-state index is 13.9. The lowest BCUT2D eigenvalue weighted by Gasteiger charge is -2.44. The van der Waals surface area contributed by atoms with Crippen LogP contribution in [0.15, 0.2) is 18.2 Å². The highest BCUT2D eigenvalue weighted by Crippen LogP contribution is 2.33. The van der Waals surface area contributed by atoms with E-state index in [4.69, 9.17) is 4.74 Å². The van der Waals surface area contributed by atoms with Crippen LogP contribution >= 0.6 is 0 Å². The number of alkyl carbamates (subject to hydrolysis) is 1. The summed E-state index contributed by atoms with van der Waals surface area (Å²) in [5.74, 6) is -0.569. The van der Waals surface area contributed by atoms with Gasteiger partial charge in [0.05, 0.1) is 0 Å². The first kappa shape index (κ1) is 30.5. The van der Waals surface area contributed by atoms with Crippen LogP contribution < -0.4 is 10.6 Å². The number of rotatable bonds is 10. The molecule has 0 aliphatic rings. The molecular formula is C28H47N3O4. The highest BCUT2D eigenvalue weighted by molar-refractivity contribution is 5.92. The molecule has 0 radical (unpaired) electrons. The second-order valence-electron chi connectivity index (χ2n) is 11.3. The Balaban J connectivity index is 3.54. The summed E-state index contributed by atoms with van der Waals surface area (Å²) < 4.78 is 5.35. The van der Waals surface area contributed by atoms with Gasteiger partial charge in [0.15, 0.2) is 0 Å². The Morgan fingerprint density at radius 2 is 1.49 bits per heavy atom. The van der Waals surface area contributed by atoms with Crippen molar-refractivity contribution >= 4 is 17.9 Å². The SMILES string of the molecule is CCCC(C)NC(=O)C(c1cc(C)cc(C)c1)N(C(=O)C(C)NC(=O)OC(C)(C)C)C(C)(C)CC. The van der Waals surface area contributed by atoms with E-state index in [2.05, 4.69) is 17.6 Å². The maximum Gasteiger partial charge on any atom is 0.408 e. The minimum absolute atomic E-state index is 0.0279. The van der Waals surface area contributed by atoms with Gasteiger partial charge in [-0.3, -0.25) is 9.59 Å². The van der Waals surface area contributed by atoms with Gasteiger partial charge in [0.1, 0.15) is 17.7 Å². The van der Waals surface area contributed by atoms with Crippen molar-refractivity contribution in [3.8, 4) is 0 Å². The molecule has 7 heteroatoms. The molecule has 1 rings (SSSR count). The largest absolute Gasteiger partial charge is 0.444 e. The number of hydrogen-bond donors (Lipinski definition) is 2. The second kappa shape index (κ2) is 12.4. The highest BCUT2D eigenvalue weighted by Gasteiger charge is 2.42. The summed E-state index contributed by atoms with van der Waals surface area (Å²) in [5, 5.41) is 5.77. The van der Waals surface area contributed by atoms with Crippen molar-refractivity contribution in [3.05, 3.63) is 34.9 Å². The number of nitrogens with one attached hydrogen (secondary N) is 2. The Hall–Kier alpha value is -2.57. The molecule has 0 spiro atoms. The molecule has 0 aromatic heterocycles. The number of benzene rings is 1. The van der Waals surface area contributed by atoms with Gasteiger partial charge in [-0.05, 0) is 80.7 Å². The topological polar surface area (TPSA) is 87.7 Å². The zero-order valence-corrected chi connectivity index (χ0v) is 23.7. The van der Waals surface area contributed by atoms with Crippen LogP contribution in [0.5, 0.6) is 0 Å². The van der Waals surface area contributed by atoms with Crippen molar-refractivity contribution in [1.29, 1.82) is 0 Å². The van der Waals surface area contributed by atoms with Gasteiger partial charge in [-0.1, -0.05) is 49.6 Å². The van der Waals surface area contributed by atoms with Crippen molar-refractivity contribution in [2.45, 2.75) is 125 Å². The Morgan fingerprint density at radius 3 is 1.94 bits per heavy atom. The molecular weight excluding hydrogens is 442 g/mol. The second-order valence-corrected chi connectivity index (χ2v) is 11.3. The van der Waals surface area contributed by atoms with Crippen LogP contribution in [0.2, 0.25) is 0 Å². The fraction of sp³-hybridized carbons (Fsp3) is 0.679. The van der Waals surface area contributed by atoms with Gasteiger partial charge >= 0.3 is 6.09 Å². The molecule has 1 aromatic carbocycles. The molecule has 3 amide bonds. The standard InChI is InChI=1S/C28H47N3O4/c1-12-14-20(5)29-24(32)23(22-16-18(3)15-19(4)17-22)31(28(10,11)13-2)25(33)21(6)30-26(34)35-27(7,8)9/h15-17,20-21,23H,12-14H2,1-11H3,(H,29,32)(H,30,34). The average molecular weight is 490 g/mol. The lowest BCUT2D eigenvalue weighted by molar-refractivity contribution is -0.149. The van der Waals surface area contributed by atoms with Crippen LogP contribution in [0, 0.1) is 13.8 Å². The fourth-order valence-electron chi connectivity index (χ4n) is 4.11. The molecule has 198 valence electrons. The minimum Gasteiger partial charge on any atom is -0.444 e. The quantitative estimate of drug-likeness (QED) is 0.449. The molecule has 0 aliphatic heterocycles. The number of amides is 3. The van der Waals surface area contributed by atoms with Crippen molar-refractivity contribution in [1.82, 2.24) is 15.5 Å². The zero-order valence-electron chi connectivity index (χ0n) is 23.7. The maximum absolute atomic E-state index is 13.9. The van der Waals surface area contributed by atoms with Gasteiger partial charge < -0.3 is 20.3 Å². The van der Waals surface area contributed by atoms with Crippen molar-refractivity contribution in [2.24, 2.45) is 0 Å². The third kappa shape index (κ3) is 9.19. The molecule has 2 N–H and O–H groups in total. The summed E-state index contributed by atoms with van der Waals surface area (Å²) in [6.07, 6.45) is 1.73. The molecule has 3 unspecified atom stereocenters. The molecule has 35 heavy (non-hydrogen) atoms. The smallest absolute Gasteiger partial charge is 0.408 e. The molecule has 7 nitrogen and oxygen atoms in total. The minimum atomic E-state index is -0.884. The molecule has 0 aliphatic carbocycles. The van der Waals surface area contributed by atoms with Gasteiger partial charge in [0, 0.05) is 11.6 Å². The monoisotopic (exact) mass is 489 g/mol. The molecule has 0 saturated carbocycles. The van der Waals surface area contributed by atoms with E-state index in [1.54, 1.807) is 32.6 Å². The predicted octanol–water partition coefficient (Wildman–Crippen LogP) is 5.58. The highest BCUT2D eigenvalue weighted by atomic mass is 16.6. The van der Waals surface area contributed by atoms with Crippen molar-refractivity contribution in [3.63, 3.8) is 0 Å². The molecule has 0 bridgehead atoms. The van der Waals surface area contributed by atoms with E-state index in [1.807, 2.05) is 59.7 Å². The lowest BCUT2D eigenvalue weighted by atomic mass is 9.91. The summed E-state index contributed by atoms with van der Waals surface area (Å²) in [6.45, 7) is 20.8. The van der Waals surface area contributed by atoms with Gasteiger partial charge in [-0.15, -0.1) is 0 Å². The number of carbonyl (C=O) groups excluding carboxylic acids is 3. The molecule has 0 saturated heterocycles. The number of hydrogen-bond acceptors (Lipinski definition) is 4. The average Bonchev–Trinajstić information content (AvgIpc) is 2.68. The molecule has 1 aromatic rings. The predicted molar refractivity (Wildman–Crippen MR) is 141 cm³/mol. The van der Waals surface area contributed by atoms with E-state index in [0.29, 0.717) is 6.42 Å². The third-order valence-corrected chi connectivity index (χ3v) is 6.04. The van der Waals surface area contributed by atoms with Gasteiger partial charge in [0.25, 0.3) is 0 Å². The van der Waals surface area contributed by atoms with E-state index >= 15 is 0 Å². The van der Waals surface area contributed by atoms with Crippen LogP contribution in [-0.4, -0.2) is 46.0 Å². The first-order chi connectivity index (χ1) is 16.0. The van der Waals surface area contributed by atoms with E-state index in [0.717, 1.165) is 29.5 Å². The van der Waals surface area contributed by atoms with Crippen LogP contribution in [-0.2, 0) is 14.3 Å². The molecule has 0 fully saturated rings. The summed E-state index contributed by atoms with van der Waals surface area (Å²) in [7, 11) is 0. The third-order valence-electron chi connectivity index (χ3n) is 6.04. The first-order valence-electron chi connectivity index (χ1n) is 12.7. The van der Waals surface area contributed by atoms with Gasteiger partial charge in [-0.25, -0.2) is 4.79 Å². The summed E-state index contributed by atoms with van der Waals surface area (Å²) in [6, 6.07) is 4.20. The summed E-state index contributed by atoms with van der Waals surface area (Å²) in [5.41, 5.74) is 1.44. The van der Waals surface area contributed by atoms with Crippen LogP contribution in [0.25, 0.3) is 0 Å². The summed E-state index contributed by atoms with van der Waals surface area (Å²) >= 11 is 0. The van der Waals surface area contributed by atoms with E-state index < -0.39 is 29.3 Å². The molecule has 0 heterocycles. The summed E-state index contributed by atoms with van der Waals surface area (Å²) in [4.78, 5) is 41.8. The number of carbonyl (C=O) groups is 3. The fourth-order valence-corrected chi connectivity index (χ4v) is 4.11. The Bertz CT molecular complexity index is 868. The van der Waals surface area contributed by atoms with Crippen molar-refractivity contribution < 1.29 is 19.1 Å². The number of aryl methyl sites for hydroxylation is 2. The van der Waals surface area contributed by atoms with Gasteiger partial charge in [0.2, 0.25) is 11.8 Å². The zero-order chi connectivity index (χ0) is 27.1. The van der Waals surface area contributed by atoms with Gasteiger partial charge in [-0.2, -0.15) is 0 Å². The lowest BCUT2D eigenvalue weighted by Crippen LogP contribution is -2.59. The number of ether oxygens (including phenoxy) is 1. The van der Waals surface area contributed by atoms with Crippen LogP contribution in [0.3, 0.4) is 0 Å². The first-order valence-corrected chi connectivity index (χ1v) is 12.7. The van der Waals surface area contributed by atoms with E-state index in [9.17, 15) is 14.4 Å². The van der Waals surface area contributed by atoms with Crippen molar-refractivity contribution in [2.75, 3.05) is 0 Å². The molecule has 3 atom stereocenters. The Kier molecular flexibility index (Phi) is 10.8. The normalized spacial score (nSPS) is 14.5. The van der Waals surface area contributed by atoms with E-state index in [-0.39, 0.29) is 17.9 Å².